The number of rotatable bonds is 2. The van der Waals surface area contributed by atoms with Gasteiger partial charge in [0.15, 0.2) is 0 Å². The van der Waals surface area contributed by atoms with Crippen LogP contribution in [-0.4, -0.2) is 28.1 Å². The first-order valence-electron chi connectivity index (χ1n) is 5.47. The molecule has 2 rings (SSSR count). The number of aliphatic hydroxyl groups excluding tert-OH is 1. The summed E-state index contributed by atoms with van der Waals surface area (Å²) >= 11 is 0. The van der Waals surface area contributed by atoms with E-state index in [0.29, 0.717) is 6.04 Å². The molecule has 1 N–H and O–H groups in total. The van der Waals surface area contributed by atoms with Crippen LogP contribution in [0.15, 0.2) is 0 Å². The highest BCUT2D eigenvalue weighted by atomic mass is 16.5. The number of aliphatic hydroxyl groups is 1. The molecule has 4 nitrogen and oxygen atoms in total. The van der Waals surface area contributed by atoms with E-state index < -0.39 is 0 Å². The topological polar surface area (TPSA) is 47.3 Å². The number of ether oxygens (including phenoxy) is 1. The molecule has 1 aliphatic rings. The van der Waals surface area contributed by atoms with Crippen molar-refractivity contribution in [3.05, 3.63) is 17.0 Å². The second-order valence-corrected chi connectivity index (χ2v) is 4.10. The molecule has 2 heterocycles. The third-order valence-corrected chi connectivity index (χ3v) is 3.17. The minimum absolute atomic E-state index is 0.0842. The van der Waals surface area contributed by atoms with Gasteiger partial charge in [-0.25, -0.2) is 0 Å². The molecule has 84 valence electrons. The van der Waals surface area contributed by atoms with Crippen molar-refractivity contribution in [1.82, 2.24) is 9.78 Å². The Hall–Kier alpha value is -0.870. The Labute approximate surface area is 89.9 Å². The smallest absolute Gasteiger partial charge is 0.0718 e. The molecule has 0 unspecified atom stereocenters. The summed E-state index contributed by atoms with van der Waals surface area (Å²) in [6.07, 6.45) is 2.04. The Bertz CT molecular complexity index is 341. The van der Waals surface area contributed by atoms with Crippen molar-refractivity contribution in [3.63, 3.8) is 0 Å². The lowest BCUT2D eigenvalue weighted by molar-refractivity contribution is 0.0655. The quantitative estimate of drug-likeness (QED) is 0.801. The van der Waals surface area contributed by atoms with Crippen LogP contribution in [0.2, 0.25) is 0 Å². The predicted octanol–water partition coefficient (Wildman–Crippen LogP) is 1.34. The van der Waals surface area contributed by atoms with Gasteiger partial charge in [-0.2, -0.15) is 5.10 Å². The zero-order valence-corrected chi connectivity index (χ0v) is 9.36. The monoisotopic (exact) mass is 210 g/mol. The number of aromatic nitrogens is 2. The fourth-order valence-electron chi connectivity index (χ4n) is 2.21. The number of hydrogen-bond donors (Lipinski definition) is 1. The van der Waals surface area contributed by atoms with Gasteiger partial charge in [0.05, 0.1) is 18.3 Å². The highest BCUT2D eigenvalue weighted by molar-refractivity contribution is 5.23. The van der Waals surface area contributed by atoms with E-state index in [1.54, 1.807) is 0 Å². The van der Waals surface area contributed by atoms with Gasteiger partial charge in [0, 0.05) is 24.5 Å². The molecular formula is C11H18N2O2. The largest absolute Gasteiger partial charge is 0.392 e. The molecule has 1 aromatic rings. The lowest BCUT2D eigenvalue weighted by Crippen LogP contribution is -2.21. The van der Waals surface area contributed by atoms with Crippen molar-refractivity contribution in [2.24, 2.45) is 0 Å². The van der Waals surface area contributed by atoms with E-state index in [-0.39, 0.29) is 6.61 Å². The first-order valence-corrected chi connectivity index (χ1v) is 5.47. The molecule has 0 saturated carbocycles. The van der Waals surface area contributed by atoms with Crippen LogP contribution in [0, 0.1) is 13.8 Å². The second-order valence-electron chi connectivity index (χ2n) is 4.10. The molecule has 1 aliphatic heterocycles. The van der Waals surface area contributed by atoms with Crippen LogP contribution in [0.4, 0.5) is 0 Å². The fourth-order valence-corrected chi connectivity index (χ4v) is 2.21. The highest BCUT2D eigenvalue weighted by Crippen LogP contribution is 2.24. The summed E-state index contributed by atoms with van der Waals surface area (Å²) in [6.45, 7) is 5.70. The Kier molecular flexibility index (Phi) is 3.07. The average Bonchev–Trinajstić information content (AvgIpc) is 2.55. The molecule has 0 atom stereocenters. The summed E-state index contributed by atoms with van der Waals surface area (Å²) < 4.78 is 7.39. The van der Waals surface area contributed by atoms with Crippen LogP contribution in [0.5, 0.6) is 0 Å². The van der Waals surface area contributed by atoms with Crippen molar-refractivity contribution in [2.45, 2.75) is 39.3 Å². The molecule has 1 saturated heterocycles. The van der Waals surface area contributed by atoms with Crippen LogP contribution in [0.3, 0.4) is 0 Å². The Morgan fingerprint density at radius 1 is 1.40 bits per heavy atom. The van der Waals surface area contributed by atoms with E-state index in [2.05, 4.69) is 9.78 Å². The summed E-state index contributed by atoms with van der Waals surface area (Å²) in [5.41, 5.74) is 3.02. The third-order valence-electron chi connectivity index (χ3n) is 3.17. The molecule has 0 bridgehead atoms. The van der Waals surface area contributed by atoms with Crippen molar-refractivity contribution >= 4 is 0 Å². The molecule has 0 aromatic carbocycles. The minimum atomic E-state index is 0.0842. The minimum Gasteiger partial charge on any atom is -0.392 e. The molecule has 0 amide bonds. The SMILES string of the molecule is Cc1nn(C2CCOCC2)c(C)c1CO. The Morgan fingerprint density at radius 3 is 2.60 bits per heavy atom. The lowest BCUT2D eigenvalue weighted by Gasteiger charge is -2.23. The Morgan fingerprint density at radius 2 is 2.07 bits per heavy atom. The third kappa shape index (κ3) is 1.92. The molecule has 1 aromatic heterocycles. The van der Waals surface area contributed by atoms with E-state index in [4.69, 9.17) is 4.74 Å². The van der Waals surface area contributed by atoms with Crippen LogP contribution >= 0.6 is 0 Å². The molecular weight excluding hydrogens is 192 g/mol. The van der Waals surface area contributed by atoms with Gasteiger partial charge in [-0.05, 0) is 26.7 Å². The first kappa shape index (κ1) is 10.6. The standard InChI is InChI=1S/C11H18N2O2/c1-8-11(7-14)9(2)13(12-8)10-3-5-15-6-4-10/h10,14H,3-7H2,1-2H3. The predicted molar refractivity (Wildman–Crippen MR) is 56.7 cm³/mol. The normalized spacial score (nSPS) is 18.3. The van der Waals surface area contributed by atoms with Gasteiger partial charge in [0.1, 0.15) is 0 Å². The van der Waals surface area contributed by atoms with Gasteiger partial charge in [0.2, 0.25) is 0 Å². The zero-order valence-electron chi connectivity index (χ0n) is 9.36. The summed E-state index contributed by atoms with van der Waals surface area (Å²) in [7, 11) is 0. The summed E-state index contributed by atoms with van der Waals surface area (Å²) in [5, 5.41) is 13.7. The molecule has 4 heteroatoms. The summed E-state index contributed by atoms with van der Waals surface area (Å²) in [5.74, 6) is 0. The maximum atomic E-state index is 9.23. The van der Waals surface area contributed by atoms with E-state index in [9.17, 15) is 5.11 Å². The first-order chi connectivity index (χ1) is 7.24. The van der Waals surface area contributed by atoms with Crippen molar-refractivity contribution in [3.8, 4) is 0 Å². The highest BCUT2D eigenvalue weighted by Gasteiger charge is 2.20. The van der Waals surface area contributed by atoms with Crippen LogP contribution in [0.25, 0.3) is 0 Å². The molecule has 0 spiro atoms. The van der Waals surface area contributed by atoms with Gasteiger partial charge in [0.25, 0.3) is 0 Å². The van der Waals surface area contributed by atoms with E-state index in [1.165, 1.54) is 0 Å². The van der Waals surface area contributed by atoms with E-state index in [1.807, 2.05) is 13.8 Å². The molecule has 1 fully saturated rings. The molecule has 15 heavy (non-hydrogen) atoms. The van der Waals surface area contributed by atoms with Gasteiger partial charge in [-0.15, -0.1) is 0 Å². The van der Waals surface area contributed by atoms with Crippen LogP contribution in [-0.2, 0) is 11.3 Å². The summed E-state index contributed by atoms with van der Waals surface area (Å²) in [4.78, 5) is 0. The average molecular weight is 210 g/mol. The second kappa shape index (κ2) is 4.33. The summed E-state index contributed by atoms with van der Waals surface area (Å²) in [6, 6.07) is 0.442. The Balaban J connectivity index is 2.27. The van der Waals surface area contributed by atoms with Gasteiger partial charge >= 0.3 is 0 Å². The molecule has 0 radical (unpaired) electrons. The van der Waals surface area contributed by atoms with Crippen LogP contribution in [0.1, 0.15) is 35.8 Å². The van der Waals surface area contributed by atoms with Crippen molar-refractivity contribution < 1.29 is 9.84 Å². The van der Waals surface area contributed by atoms with Crippen LogP contribution < -0.4 is 0 Å². The van der Waals surface area contributed by atoms with Gasteiger partial charge in [-0.3, -0.25) is 4.68 Å². The van der Waals surface area contributed by atoms with Gasteiger partial charge in [-0.1, -0.05) is 0 Å². The maximum absolute atomic E-state index is 9.23. The fraction of sp³-hybridized carbons (Fsp3) is 0.727. The van der Waals surface area contributed by atoms with Crippen molar-refractivity contribution in [2.75, 3.05) is 13.2 Å². The lowest BCUT2D eigenvalue weighted by atomic mass is 10.1. The van der Waals surface area contributed by atoms with Crippen molar-refractivity contribution in [1.29, 1.82) is 0 Å². The number of hydrogen-bond acceptors (Lipinski definition) is 3. The number of aryl methyl sites for hydroxylation is 1. The van der Waals surface area contributed by atoms with E-state index in [0.717, 1.165) is 43.0 Å². The zero-order chi connectivity index (χ0) is 10.8. The maximum Gasteiger partial charge on any atom is 0.0718 e. The molecule has 0 aliphatic carbocycles. The van der Waals surface area contributed by atoms with Gasteiger partial charge < -0.3 is 9.84 Å². The van der Waals surface area contributed by atoms with E-state index >= 15 is 0 Å². The number of nitrogens with zero attached hydrogens (tertiary/aromatic N) is 2.